The summed E-state index contributed by atoms with van der Waals surface area (Å²) in [5.74, 6) is 0.928. The average molecular weight is 349 g/mol. The van der Waals surface area contributed by atoms with Crippen LogP contribution in [0.3, 0.4) is 0 Å². The molecule has 2 aromatic rings. The van der Waals surface area contributed by atoms with Gasteiger partial charge in [0.15, 0.2) is 0 Å². The van der Waals surface area contributed by atoms with E-state index in [2.05, 4.69) is 49.4 Å². The molecule has 1 aromatic heterocycles. The summed E-state index contributed by atoms with van der Waals surface area (Å²) in [6, 6.07) is 10.9. The Hall–Kier alpha value is -2.63. The normalized spacial score (nSPS) is 24.6. The maximum Gasteiger partial charge on any atom is 0.225 e. The Morgan fingerprint density at radius 2 is 1.88 bits per heavy atom. The first-order valence-electron chi connectivity index (χ1n) is 9.46. The van der Waals surface area contributed by atoms with Crippen LogP contribution in [0.5, 0.6) is 0 Å². The first-order valence-corrected chi connectivity index (χ1v) is 9.46. The number of hydrogen-bond acceptors (Lipinski definition) is 5. The molecular weight excluding hydrogens is 326 g/mol. The molecule has 134 valence electrons. The molecule has 1 saturated heterocycles. The van der Waals surface area contributed by atoms with Crippen LogP contribution in [0, 0.1) is 5.92 Å². The molecule has 1 amide bonds. The molecule has 0 radical (unpaired) electrons. The minimum Gasteiger partial charge on any atom is -0.364 e. The van der Waals surface area contributed by atoms with Gasteiger partial charge >= 0.3 is 0 Å². The lowest BCUT2D eigenvalue weighted by atomic mass is 9.83. The third-order valence-corrected chi connectivity index (χ3v) is 5.72. The van der Waals surface area contributed by atoms with E-state index in [1.807, 2.05) is 6.07 Å². The van der Waals surface area contributed by atoms with Gasteiger partial charge in [-0.3, -0.25) is 4.79 Å². The van der Waals surface area contributed by atoms with Crippen molar-refractivity contribution in [3.63, 3.8) is 0 Å². The highest BCUT2D eigenvalue weighted by Gasteiger charge is 2.42. The minimum atomic E-state index is -0.0305. The Kier molecular flexibility index (Phi) is 3.76. The van der Waals surface area contributed by atoms with Gasteiger partial charge in [0.25, 0.3) is 0 Å². The summed E-state index contributed by atoms with van der Waals surface area (Å²) in [4.78, 5) is 26.4. The van der Waals surface area contributed by atoms with Crippen molar-refractivity contribution in [2.24, 2.45) is 5.92 Å². The molecular formula is C20H23N5O. The number of carbonyl (C=O) groups excluding carboxylic acids is 1. The van der Waals surface area contributed by atoms with Crippen LogP contribution in [0.25, 0.3) is 0 Å². The highest BCUT2D eigenvalue weighted by Crippen LogP contribution is 2.36. The van der Waals surface area contributed by atoms with Gasteiger partial charge in [0.05, 0.1) is 12.0 Å². The fourth-order valence-electron chi connectivity index (χ4n) is 4.23. The molecule has 0 bridgehead atoms. The van der Waals surface area contributed by atoms with Gasteiger partial charge in [-0.25, -0.2) is 9.97 Å². The van der Waals surface area contributed by atoms with Crippen LogP contribution in [-0.4, -0.2) is 47.6 Å². The number of amides is 1. The Labute approximate surface area is 153 Å². The summed E-state index contributed by atoms with van der Waals surface area (Å²) < 4.78 is 0. The molecule has 2 aliphatic heterocycles. The van der Waals surface area contributed by atoms with Crippen molar-refractivity contribution in [3.8, 4) is 0 Å². The number of aromatic nitrogens is 2. The van der Waals surface area contributed by atoms with Gasteiger partial charge in [0.2, 0.25) is 11.9 Å². The number of hydrogen-bond donors (Lipinski definition) is 1. The van der Waals surface area contributed by atoms with Crippen LogP contribution in [0.1, 0.15) is 18.4 Å². The van der Waals surface area contributed by atoms with Crippen LogP contribution in [0.2, 0.25) is 0 Å². The number of piperazine rings is 1. The smallest absolute Gasteiger partial charge is 0.225 e. The van der Waals surface area contributed by atoms with Crippen molar-refractivity contribution in [1.29, 1.82) is 0 Å². The zero-order valence-corrected chi connectivity index (χ0v) is 14.7. The molecule has 3 aliphatic rings. The largest absolute Gasteiger partial charge is 0.364 e. The zero-order chi connectivity index (χ0) is 17.5. The van der Waals surface area contributed by atoms with E-state index < -0.39 is 0 Å². The van der Waals surface area contributed by atoms with Gasteiger partial charge in [0.1, 0.15) is 0 Å². The second-order valence-electron chi connectivity index (χ2n) is 7.48. The summed E-state index contributed by atoms with van der Waals surface area (Å²) in [6.07, 6.45) is 6.60. The topological polar surface area (TPSA) is 61.4 Å². The average Bonchev–Trinajstić information content (AvgIpc) is 3.51. The van der Waals surface area contributed by atoms with Gasteiger partial charge < -0.3 is 15.1 Å². The van der Waals surface area contributed by atoms with Crippen molar-refractivity contribution >= 4 is 17.5 Å². The summed E-state index contributed by atoms with van der Waals surface area (Å²) in [6.45, 7) is 2.53. The third-order valence-electron chi connectivity index (χ3n) is 5.72. The maximum absolute atomic E-state index is 13.0. The number of rotatable bonds is 3. The van der Waals surface area contributed by atoms with Gasteiger partial charge in [0, 0.05) is 43.8 Å². The van der Waals surface area contributed by atoms with Crippen LogP contribution in [0.15, 0.2) is 42.7 Å². The molecule has 6 nitrogen and oxygen atoms in total. The highest BCUT2D eigenvalue weighted by atomic mass is 16.2. The van der Waals surface area contributed by atoms with E-state index in [-0.39, 0.29) is 17.9 Å². The van der Waals surface area contributed by atoms with Crippen LogP contribution in [0.4, 0.5) is 11.6 Å². The predicted octanol–water partition coefficient (Wildman–Crippen LogP) is 1.62. The zero-order valence-electron chi connectivity index (χ0n) is 14.7. The molecule has 6 heteroatoms. The van der Waals surface area contributed by atoms with Crippen molar-refractivity contribution in [3.05, 3.63) is 48.3 Å². The maximum atomic E-state index is 13.0. The SMILES string of the molecule is O=C(NC1CC1)C1Cc2ccccc2N2CCN(c3ncccn3)CC12. The molecule has 1 aromatic carbocycles. The standard InChI is InChI=1S/C20H23N5O/c26-19(23-15-6-7-15)16-12-14-4-1-2-5-17(14)25-11-10-24(13-18(16)25)20-21-8-3-9-22-20/h1-5,8-9,15-16,18H,6-7,10-13H2,(H,23,26). The molecule has 1 aliphatic carbocycles. The van der Waals surface area contributed by atoms with E-state index in [1.165, 1.54) is 11.3 Å². The molecule has 1 N–H and O–H groups in total. The van der Waals surface area contributed by atoms with E-state index in [4.69, 9.17) is 0 Å². The van der Waals surface area contributed by atoms with Gasteiger partial charge in [-0.05, 0) is 37.0 Å². The number of anilines is 2. The molecule has 26 heavy (non-hydrogen) atoms. The number of nitrogens with one attached hydrogen (secondary N) is 1. The molecule has 0 spiro atoms. The minimum absolute atomic E-state index is 0.0305. The Morgan fingerprint density at radius 1 is 1.08 bits per heavy atom. The summed E-state index contributed by atoms with van der Waals surface area (Å²) >= 11 is 0. The van der Waals surface area contributed by atoms with E-state index in [9.17, 15) is 4.79 Å². The van der Waals surface area contributed by atoms with E-state index in [0.29, 0.717) is 6.04 Å². The lowest BCUT2D eigenvalue weighted by Gasteiger charge is -2.49. The van der Waals surface area contributed by atoms with E-state index in [0.717, 1.165) is 44.8 Å². The van der Waals surface area contributed by atoms with Gasteiger partial charge in [-0.2, -0.15) is 0 Å². The number of carbonyl (C=O) groups is 1. The molecule has 2 atom stereocenters. The second-order valence-corrected chi connectivity index (χ2v) is 7.48. The number of para-hydroxylation sites is 1. The van der Waals surface area contributed by atoms with Gasteiger partial charge in [-0.15, -0.1) is 0 Å². The third kappa shape index (κ3) is 2.79. The number of benzene rings is 1. The van der Waals surface area contributed by atoms with Crippen molar-refractivity contribution in [2.45, 2.75) is 31.3 Å². The quantitative estimate of drug-likeness (QED) is 0.912. The fourth-order valence-corrected chi connectivity index (χ4v) is 4.23. The summed E-state index contributed by atoms with van der Waals surface area (Å²) in [7, 11) is 0. The summed E-state index contributed by atoms with van der Waals surface area (Å²) in [5, 5.41) is 3.23. The molecule has 2 fully saturated rings. The number of nitrogens with zero attached hydrogens (tertiary/aromatic N) is 4. The summed E-state index contributed by atoms with van der Waals surface area (Å²) in [5.41, 5.74) is 2.56. The second kappa shape index (κ2) is 6.27. The van der Waals surface area contributed by atoms with Gasteiger partial charge in [-0.1, -0.05) is 18.2 Å². The van der Waals surface area contributed by atoms with Crippen LogP contribution >= 0.6 is 0 Å². The highest BCUT2D eigenvalue weighted by molar-refractivity contribution is 5.82. The molecule has 3 heterocycles. The lowest BCUT2D eigenvalue weighted by Crippen LogP contribution is -2.61. The Morgan fingerprint density at radius 3 is 2.69 bits per heavy atom. The first-order chi connectivity index (χ1) is 12.8. The Balaban J connectivity index is 1.45. The van der Waals surface area contributed by atoms with Crippen molar-refractivity contribution in [1.82, 2.24) is 15.3 Å². The molecule has 5 rings (SSSR count). The van der Waals surface area contributed by atoms with E-state index >= 15 is 0 Å². The van der Waals surface area contributed by atoms with Crippen molar-refractivity contribution < 1.29 is 4.79 Å². The number of fused-ring (bicyclic) bond motifs is 3. The van der Waals surface area contributed by atoms with Crippen molar-refractivity contribution in [2.75, 3.05) is 29.4 Å². The van der Waals surface area contributed by atoms with E-state index in [1.54, 1.807) is 12.4 Å². The van der Waals surface area contributed by atoms with Crippen LogP contribution in [-0.2, 0) is 11.2 Å². The fraction of sp³-hybridized carbons (Fsp3) is 0.450. The predicted molar refractivity (Wildman–Crippen MR) is 100 cm³/mol. The van der Waals surface area contributed by atoms with Crippen LogP contribution < -0.4 is 15.1 Å². The lowest BCUT2D eigenvalue weighted by molar-refractivity contribution is -0.126. The Bertz CT molecular complexity index is 807. The monoisotopic (exact) mass is 349 g/mol. The first kappa shape index (κ1) is 15.6. The molecule has 2 unspecified atom stereocenters. The molecule has 1 saturated carbocycles.